The van der Waals surface area contributed by atoms with Crippen molar-refractivity contribution in [3.05, 3.63) is 75.9 Å². The maximum atomic E-state index is 13.9. The van der Waals surface area contributed by atoms with E-state index in [2.05, 4.69) is 20.8 Å². The smallest absolute Gasteiger partial charge is 0.352 e. The number of hydrogen-bond donors (Lipinski definition) is 5. The molecule has 5 N–H and O–H groups in total. The average molecular weight is 701 g/mol. The summed E-state index contributed by atoms with van der Waals surface area (Å²) in [6.07, 6.45) is 0. The van der Waals surface area contributed by atoms with Gasteiger partial charge in [-0.25, -0.2) is 9.59 Å². The Labute approximate surface area is 280 Å². The van der Waals surface area contributed by atoms with Gasteiger partial charge < -0.3 is 30.7 Å². The number of hydrogen-bond acceptors (Lipinski definition) is 13. The third-order valence-corrected chi connectivity index (χ3v) is 10.7. The van der Waals surface area contributed by atoms with Crippen LogP contribution in [0, 0.1) is 6.92 Å². The molecule has 0 saturated carbocycles. The standard InChI is InChI=1S/C29H28N6O9S3/c1-14-32-33-28(47-14)46-13-17-12-45-26-29(44-3,25(42)35(26)21(17)24(40)41)31-22(38)20(15-7-5-4-6-8-15)30-27(43)34(2)23(39)16-9-10-18(36)19(37)11-16/h4-11,20,26,36-37H,12-13H2,1-3H3,(H,30,43)(H,31,38)(H,40,41)/t20?,26-,29-/m0/s1. The van der Waals surface area contributed by atoms with Gasteiger partial charge in [-0.1, -0.05) is 53.4 Å². The average Bonchev–Trinajstić information content (AvgIpc) is 3.49. The highest BCUT2D eigenvalue weighted by molar-refractivity contribution is 8.01. The maximum Gasteiger partial charge on any atom is 0.352 e. The first kappa shape index (κ1) is 33.7. The maximum absolute atomic E-state index is 13.9. The highest BCUT2D eigenvalue weighted by Gasteiger charge is 2.67. The number of carboxylic acid groups (broad SMARTS) is 1. The lowest BCUT2D eigenvalue weighted by atomic mass is 9.97. The number of imide groups is 1. The molecule has 2 aliphatic rings. The molecule has 246 valence electrons. The minimum absolute atomic E-state index is 0.107. The Morgan fingerprint density at radius 2 is 1.87 bits per heavy atom. The second-order valence-electron chi connectivity index (χ2n) is 10.3. The van der Waals surface area contributed by atoms with Crippen molar-refractivity contribution in [1.82, 2.24) is 30.6 Å². The number of aromatic hydroxyl groups is 2. The fourth-order valence-corrected chi connectivity index (χ4v) is 8.30. The third kappa shape index (κ3) is 6.49. The number of carbonyl (C=O) groups excluding carboxylic acids is 4. The van der Waals surface area contributed by atoms with E-state index in [4.69, 9.17) is 4.74 Å². The van der Waals surface area contributed by atoms with Crippen LogP contribution >= 0.6 is 34.9 Å². The van der Waals surface area contributed by atoms with Crippen LogP contribution in [0.1, 0.15) is 27.0 Å². The monoisotopic (exact) mass is 700 g/mol. The second kappa shape index (κ2) is 13.6. The largest absolute Gasteiger partial charge is 0.504 e. The Hall–Kier alpha value is -4.65. The lowest BCUT2D eigenvalue weighted by Crippen LogP contribution is -2.81. The minimum Gasteiger partial charge on any atom is -0.504 e. The molecule has 2 aromatic carbocycles. The van der Waals surface area contributed by atoms with Gasteiger partial charge in [0.05, 0.1) is 0 Å². The van der Waals surface area contributed by atoms with Crippen molar-refractivity contribution < 1.29 is 44.0 Å². The molecule has 5 amide bonds. The quantitative estimate of drug-likeness (QED) is 0.0891. The number of nitrogens with one attached hydrogen (secondary N) is 2. The lowest BCUT2D eigenvalue weighted by Gasteiger charge is -2.56. The first-order valence-electron chi connectivity index (χ1n) is 13.7. The van der Waals surface area contributed by atoms with Crippen molar-refractivity contribution in [2.75, 3.05) is 25.7 Å². The number of phenolic OH excluding ortho intramolecular Hbond substituents is 2. The molecular formula is C29H28N6O9S3. The van der Waals surface area contributed by atoms with E-state index in [1.165, 1.54) is 48.0 Å². The van der Waals surface area contributed by atoms with Crippen LogP contribution in [-0.2, 0) is 19.1 Å². The van der Waals surface area contributed by atoms with Crippen molar-refractivity contribution in [3.8, 4) is 11.5 Å². The summed E-state index contributed by atoms with van der Waals surface area (Å²) in [5.74, 6) is -4.37. The van der Waals surface area contributed by atoms with E-state index in [1.807, 2.05) is 0 Å². The zero-order chi connectivity index (χ0) is 34.0. The summed E-state index contributed by atoms with van der Waals surface area (Å²) in [5.41, 5.74) is -1.47. The molecule has 1 fully saturated rings. The number of thioether (sulfide) groups is 2. The molecular weight excluding hydrogens is 673 g/mol. The Morgan fingerprint density at radius 3 is 2.49 bits per heavy atom. The van der Waals surface area contributed by atoms with E-state index in [9.17, 15) is 39.3 Å². The van der Waals surface area contributed by atoms with Gasteiger partial charge in [0.2, 0.25) is 5.91 Å². The minimum atomic E-state index is -1.96. The molecule has 3 aromatic rings. The van der Waals surface area contributed by atoms with Crippen LogP contribution in [0.5, 0.6) is 11.5 Å². The molecule has 0 aliphatic carbocycles. The molecule has 1 unspecified atom stereocenters. The molecule has 15 nitrogen and oxygen atoms in total. The van der Waals surface area contributed by atoms with Crippen LogP contribution < -0.4 is 10.6 Å². The van der Waals surface area contributed by atoms with Crippen LogP contribution in [0.15, 0.2) is 64.1 Å². The highest BCUT2D eigenvalue weighted by atomic mass is 32.2. The molecule has 5 rings (SSSR count). The van der Waals surface area contributed by atoms with Gasteiger partial charge in [-0.3, -0.25) is 24.2 Å². The third-order valence-electron chi connectivity index (χ3n) is 7.32. The number of aromatic nitrogens is 2. The number of rotatable bonds is 10. The SMILES string of the molecule is CO[C@@]1(NC(=O)C(NC(=O)N(C)C(=O)c2ccc(O)c(O)c2)c2ccccc2)C(=O)N2C(C(=O)O)=C(CSc3nnc(C)s3)CS[C@H]21. The van der Waals surface area contributed by atoms with Gasteiger partial charge in [-0.15, -0.1) is 22.0 Å². The summed E-state index contributed by atoms with van der Waals surface area (Å²) < 4.78 is 6.23. The molecule has 1 saturated heterocycles. The predicted molar refractivity (Wildman–Crippen MR) is 171 cm³/mol. The second-order valence-corrected chi connectivity index (χ2v) is 13.7. The highest BCUT2D eigenvalue weighted by Crippen LogP contribution is 2.47. The van der Waals surface area contributed by atoms with Crippen molar-refractivity contribution >= 4 is 64.6 Å². The number of phenols is 2. The van der Waals surface area contributed by atoms with Crippen LogP contribution in [0.4, 0.5) is 4.79 Å². The number of carbonyl (C=O) groups is 5. The molecule has 0 spiro atoms. The number of urea groups is 1. The Balaban J connectivity index is 1.36. The molecule has 3 atom stereocenters. The molecule has 3 heterocycles. The van der Waals surface area contributed by atoms with Gasteiger partial charge in [0.1, 0.15) is 22.1 Å². The number of methoxy groups -OCH3 is 1. The normalized spacial score (nSPS) is 19.3. The topological polar surface area (TPSA) is 212 Å². The summed E-state index contributed by atoms with van der Waals surface area (Å²) in [7, 11) is 2.37. The number of amides is 5. The van der Waals surface area contributed by atoms with Crippen LogP contribution in [0.25, 0.3) is 0 Å². The van der Waals surface area contributed by atoms with Gasteiger partial charge in [-0.2, -0.15) is 0 Å². The predicted octanol–water partition coefficient (Wildman–Crippen LogP) is 2.29. The Bertz CT molecular complexity index is 1790. The summed E-state index contributed by atoms with van der Waals surface area (Å²) in [4.78, 5) is 67.9. The van der Waals surface area contributed by atoms with E-state index < -0.39 is 58.4 Å². The number of nitrogens with zero attached hydrogens (tertiary/aromatic N) is 4. The van der Waals surface area contributed by atoms with Crippen molar-refractivity contribution in [2.45, 2.75) is 28.4 Å². The van der Waals surface area contributed by atoms with E-state index in [0.29, 0.717) is 20.4 Å². The number of carboxylic acids is 1. The van der Waals surface area contributed by atoms with Gasteiger partial charge in [-0.05, 0) is 36.3 Å². The summed E-state index contributed by atoms with van der Waals surface area (Å²) in [5, 5.41) is 42.3. The van der Waals surface area contributed by atoms with Gasteiger partial charge in [0, 0.05) is 31.2 Å². The number of ether oxygens (including phenoxy) is 1. The first-order chi connectivity index (χ1) is 22.4. The Kier molecular flexibility index (Phi) is 9.76. The van der Waals surface area contributed by atoms with Gasteiger partial charge in [0.15, 0.2) is 15.8 Å². The first-order valence-corrected chi connectivity index (χ1v) is 16.6. The Morgan fingerprint density at radius 1 is 1.15 bits per heavy atom. The molecule has 2 aliphatic heterocycles. The van der Waals surface area contributed by atoms with E-state index >= 15 is 0 Å². The fraction of sp³-hybridized carbons (Fsp3) is 0.276. The van der Waals surface area contributed by atoms with E-state index in [1.54, 1.807) is 37.3 Å². The zero-order valence-electron chi connectivity index (χ0n) is 25.0. The van der Waals surface area contributed by atoms with Gasteiger partial charge in [0.25, 0.3) is 17.5 Å². The summed E-state index contributed by atoms with van der Waals surface area (Å²) >= 11 is 3.88. The number of benzene rings is 2. The zero-order valence-corrected chi connectivity index (χ0v) is 27.4. The van der Waals surface area contributed by atoms with Gasteiger partial charge >= 0.3 is 12.0 Å². The summed E-state index contributed by atoms with van der Waals surface area (Å²) in [6, 6.07) is 8.94. The van der Waals surface area contributed by atoms with Crippen LogP contribution in [-0.4, -0.2) is 102 Å². The van der Waals surface area contributed by atoms with Crippen molar-refractivity contribution in [3.63, 3.8) is 0 Å². The lowest BCUT2D eigenvalue weighted by molar-refractivity contribution is -0.192. The van der Waals surface area contributed by atoms with E-state index in [-0.39, 0.29) is 22.8 Å². The van der Waals surface area contributed by atoms with Crippen LogP contribution in [0.3, 0.4) is 0 Å². The molecule has 1 aromatic heterocycles. The number of aryl methyl sites for hydroxylation is 1. The molecule has 47 heavy (non-hydrogen) atoms. The number of aliphatic carboxylic acids is 1. The summed E-state index contributed by atoms with van der Waals surface area (Å²) in [6.45, 7) is 1.80. The fourth-order valence-electron chi connectivity index (χ4n) is 4.90. The molecule has 18 heteroatoms. The van der Waals surface area contributed by atoms with Crippen molar-refractivity contribution in [1.29, 1.82) is 0 Å². The number of fused-ring (bicyclic) bond motifs is 1. The van der Waals surface area contributed by atoms with Crippen LogP contribution in [0.2, 0.25) is 0 Å². The molecule has 0 radical (unpaired) electrons. The number of β-lactam (4-membered cyclic amide) rings is 1. The molecule has 0 bridgehead atoms. The van der Waals surface area contributed by atoms with Crippen molar-refractivity contribution in [2.24, 2.45) is 0 Å². The van der Waals surface area contributed by atoms with E-state index in [0.717, 1.165) is 29.1 Å².